The van der Waals surface area contributed by atoms with Crippen molar-refractivity contribution in [1.29, 1.82) is 0 Å². The Hall–Kier alpha value is -2.01. The predicted octanol–water partition coefficient (Wildman–Crippen LogP) is -0.925. The largest absolute Gasteiger partial charge is 0.370 e. The number of rotatable bonds is 7. The SMILES string of the molecule is C#CCNC(=O)CSc1nnc(CCC(N)=O)n1C. The molecule has 0 aromatic carbocycles. The number of aromatic nitrogens is 3. The van der Waals surface area contributed by atoms with Gasteiger partial charge in [0.2, 0.25) is 11.8 Å². The Labute approximate surface area is 115 Å². The summed E-state index contributed by atoms with van der Waals surface area (Å²) < 4.78 is 1.74. The van der Waals surface area contributed by atoms with E-state index in [1.807, 2.05) is 0 Å². The summed E-state index contributed by atoms with van der Waals surface area (Å²) in [6.45, 7) is 0.210. The molecule has 0 bridgehead atoms. The van der Waals surface area contributed by atoms with E-state index < -0.39 is 0 Å². The quantitative estimate of drug-likeness (QED) is 0.497. The average molecular weight is 281 g/mol. The molecule has 19 heavy (non-hydrogen) atoms. The van der Waals surface area contributed by atoms with Crippen molar-refractivity contribution in [2.75, 3.05) is 12.3 Å². The van der Waals surface area contributed by atoms with E-state index in [9.17, 15) is 9.59 Å². The molecule has 7 nitrogen and oxygen atoms in total. The van der Waals surface area contributed by atoms with Gasteiger partial charge in [-0.25, -0.2) is 0 Å². The monoisotopic (exact) mass is 281 g/mol. The summed E-state index contributed by atoms with van der Waals surface area (Å²) in [4.78, 5) is 22.1. The minimum absolute atomic E-state index is 0.162. The van der Waals surface area contributed by atoms with Gasteiger partial charge in [0, 0.05) is 19.9 Å². The highest BCUT2D eigenvalue weighted by atomic mass is 32.2. The van der Waals surface area contributed by atoms with Crippen molar-refractivity contribution in [3.8, 4) is 12.3 Å². The lowest BCUT2D eigenvalue weighted by atomic mass is 10.3. The first-order valence-corrected chi connectivity index (χ1v) is 6.52. The van der Waals surface area contributed by atoms with Gasteiger partial charge < -0.3 is 15.6 Å². The van der Waals surface area contributed by atoms with Gasteiger partial charge in [0.25, 0.3) is 0 Å². The third-order valence-electron chi connectivity index (χ3n) is 2.24. The van der Waals surface area contributed by atoms with E-state index in [4.69, 9.17) is 12.2 Å². The number of nitrogens with zero attached hydrogens (tertiary/aromatic N) is 3. The van der Waals surface area contributed by atoms with Crippen LogP contribution in [0.15, 0.2) is 5.16 Å². The molecule has 3 N–H and O–H groups in total. The number of hydrogen-bond acceptors (Lipinski definition) is 5. The van der Waals surface area contributed by atoms with Crippen LogP contribution in [0, 0.1) is 12.3 Å². The number of nitrogens with two attached hydrogens (primary N) is 1. The molecule has 1 heterocycles. The highest BCUT2D eigenvalue weighted by Crippen LogP contribution is 2.15. The molecule has 0 spiro atoms. The fourth-order valence-electron chi connectivity index (χ4n) is 1.25. The number of hydrogen-bond donors (Lipinski definition) is 2. The molecule has 102 valence electrons. The van der Waals surface area contributed by atoms with Gasteiger partial charge >= 0.3 is 0 Å². The van der Waals surface area contributed by atoms with Crippen molar-refractivity contribution < 1.29 is 9.59 Å². The van der Waals surface area contributed by atoms with Crippen molar-refractivity contribution in [2.24, 2.45) is 12.8 Å². The summed E-state index contributed by atoms with van der Waals surface area (Å²) in [6, 6.07) is 0. The lowest BCUT2D eigenvalue weighted by molar-refractivity contribution is -0.119. The highest BCUT2D eigenvalue weighted by molar-refractivity contribution is 7.99. The number of nitrogens with one attached hydrogen (secondary N) is 1. The number of primary amides is 1. The minimum Gasteiger partial charge on any atom is -0.370 e. The van der Waals surface area contributed by atoms with Gasteiger partial charge in [-0.15, -0.1) is 16.6 Å². The Kier molecular flexibility index (Phi) is 5.89. The maximum absolute atomic E-state index is 11.4. The smallest absolute Gasteiger partial charge is 0.231 e. The van der Waals surface area contributed by atoms with Crippen LogP contribution in [0.1, 0.15) is 12.2 Å². The third-order valence-corrected chi connectivity index (χ3v) is 3.26. The van der Waals surface area contributed by atoms with Crippen LogP contribution < -0.4 is 11.1 Å². The Morgan fingerprint density at radius 3 is 2.89 bits per heavy atom. The molecule has 0 aliphatic carbocycles. The number of thioether (sulfide) groups is 1. The molecule has 1 aromatic rings. The van der Waals surface area contributed by atoms with Crippen LogP contribution in [0.3, 0.4) is 0 Å². The predicted molar refractivity (Wildman–Crippen MR) is 71.1 cm³/mol. The van der Waals surface area contributed by atoms with E-state index in [1.165, 1.54) is 11.8 Å². The zero-order valence-corrected chi connectivity index (χ0v) is 11.4. The van der Waals surface area contributed by atoms with Gasteiger partial charge in [0.15, 0.2) is 5.16 Å². The van der Waals surface area contributed by atoms with Gasteiger partial charge in [-0.2, -0.15) is 0 Å². The summed E-state index contributed by atoms with van der Waals surface area (Å²) in [5.74, 6) is 2.65. The van der Waals surface area contributed by atoms with E-state index in [0.29, 0.717) is 17.4 Å². The molecular weight excluding hydrogens is 266 g/mol. The van der Waals surface area contributed by atoms with Crippen LogP contribution in [0.5, 0.6) is 0 Å². The Morgan fingerprint density at radius 1 is 1.53 bits per heavy atom. The van der Waals surface area contributed by atoms with Crippen LogP contribution in [-0.4, -0.2) is 38.9 Å². The van der Waals surface area contributed by atoms with Crippen molar-refractivity contribution >= 4 is 23.6 Å². The first kappa shape index (κ1) is 15.0. The molecule has 0 atom stereocenters. The summed E-state index contributed by atoms with van der Waals surface area (Å²) >= 11 is 1.25. The van der Waals surface area contributed by atoms with E-state index in [0.717, 1.165) is 0 Å². The maximum atomic E-state index is 11.4. The molecule has 1 rings (SSSR count). The molecular formula is C11H15N5O2S. The van der Waals surface area contributed by atoms with Crippen molar-refractivity contribution in [3.63, 3.8) is 0 Å². The Bertz CT molecular complexity index is 506. The molecule has 2 amide bonds. The van der Waals surface area contributed by atoms with E-state index >= 15 is 0 Å². The lowest BCUT2D eigenvalue weighted by Crippen LogP contribution is -2.25. The van der Waals surface area contributed by atoms with Crippen LogP contribution in [0.2, 0.25) is 0 Å². The maximum Gasteiger partial charge on any atom is 0.231 e. The first-order valence-electron chi connectivity index (χ1n) is 5.54. The number of carbonyl (C=O) groups excluding carboxylic acids is 2. The molecule has 0 aliphatic rings. The number of aryl methyl sites for hydroxylation is 1. The van der Waals surface area contributed by atoms with E-state index in [1.54, 1.807) is 11.6 Å². The van der Waals surface area contributed by atoms with Gasteiger partial charge in [-0.05, 0) is 0 Å². The van der Waals surface area contributed by atoms with Crippen LogP contribution in [0.25, 0.3) is 0 Å². The number of carbonyl (C=O) groups is 2. The molecule has 0 aliphatic heterocycles. The van der Waals surface area contributed by atoms with Gasteiger partial charge in [0.1, 0.15) is 5.82 Å². The zero-order valence-electron chi connectivity index (χ0n) is 10.5. The van der Waals surface area contributed by atoms with Crippen LogP contribution in [-0.2, 0) is 23.1 Å². The second kappa shape index (κ2) is 7.43. The molecule has 0 fully saturated rings. The first-order chi connectivity index (χ1) is 9.04. The van der Waals surface area contributed by atoms with E-state index in [2.05, 4.69) is 21.4 Å². The third kappa shape index (κ3) is 5.01. The van der Waals surface area contributed by atoms with Gasteiger partial charge in [0.05, 0.1) is 12.3 Å². The summed E-state index contributed by atoms with van der Waals surface area (Å²) in [7, 11) is 1.78. The molecule has 1 aromatic heterocycles. The number of amides is 2. The van der Waals surface area contributed by atoms with Gasteiger partial charge in [-0.1, -0.05) is 17.7 Å². The van der Waals surface area contributed by atoms with Crippen LogP contribution in [0.4, 0.5) is 0 Å². The average Bonchev–Trinajstić information content (AvgIpc) is 2.72. The molecule has 0 radical (unpaired) electrons. The second-order valence-electron chi connectivity index (χ2n) is 3.69. The second-order valence-corrected chi connectivity index (χ2v) is 4.64. The normalized spacial score (nSPS) is 9.89. The van der Waals surface area contributed by atoms with Crippen LogP contribution >= 0.6 is 11.8 Å². The lowest BCUT2D eigenvalue weighted by Gasteiger charge is -2.03. The topological polar surface area (TPSA) is 103 Å². The molecule has 8 heteroatoms. The standard InChI is InChI=1S/C11H15N5O2S/c1-3-6-13-10(18)7-19-11-15-14-9(16(11)2)5-4-8(12)17/h1H,4-7H2,2H3,(H2,12,17)(H,13,18). The summed E-state index contributed by atoms with van der Waals surface area (Å²) in [5.41, 5.74) is 5.07. The van der Waals surface area contributed by atoms with Crippen molar-refractivity contribution in [2.45, 2.75) is 18.0 Å². The fraction of sp³-hybridized carbons (Fsp3) is 0.455. The fourth-order valence-corrected chi connectivity index (χ4v) is 2.01. The Morgan fingerprint density at radius 2 is 2.26 bits per heavy atom. The zero-order chi connectivity index (χ0) is 14.3. The number of terminal acetylenes is 1. The van der Waals surface area contributed by atoms with E-state index in [-0.39, 0.29) is 30.5 Å². The minimum atomic E-state index is -0.383. The molecule has 0 saturated carbocycles. The van der Waals surface area contributed by atoms with Gasteiger partial charge in [-0.3, -0.25) is 9.59 Å². The highest BCUT2D eigenvalue weighted by Gasteiger charge is 2.11. The molecule has 0 unspecified atom stereocenters. The molecule has 0 saturated heterocycles. The summed E-state index contributed by atoms with van der Waals surface area (Å²) in [6.07, 6.45) is 5.69. The Balaban J connectivity index is 2.49. The van der Waals surface area contributed by atoms with Crippen molar-refractivity contribution in [3.05, 3.63) is 5.82 Å². The summed E-state index contributed by atoms with van der Waals surface area (Å²) in [5, 5.41) is 11.1. The van der Waals surface area contributed by atoms with Crippen molar-refractivity contribution in [1.82, 2.24) is 20.1 Å².